The molecule has 0 amide bonds. The Labute approximate surface area is 431 Å². The van der Waals surface area contributed by atoms with E-state index in [2.05, 4.69) is 65.8 Å². The first-order valence-electron chi connectivity index (χ1n) is 30.8. The highest BCUT2D eigenvalue weighted by atomic mass is 16.8. The minimum absolute atomic E-state index is 0.178. The molecule has 0 heterocycles. The van der Waals surface area contributed by atoms with Gasteiger partial charge in [0, 0.05) is 39.3 Å². The highest BCUT2D eigenvalue weighted by Gasteiger charge is 2.16. The summed E-state index contributed by atoms with van der Waals surface area (Å²) in [5.41, 5.74) is 0. The number of unbranched alkanes of at least 4 members (excludes halogenated alkanes) is 32. The number of rotatable bonds is 60. The van der Waals surface area contributed by atoms with E-state index in [-0.39, 0.29) is 12.6 Å². The van der Waals surface area contributed by atoms with E-state index in [1.54, 1.807) is 0 Å². The Bertz CT molecular complexity index is 874. The summed E-state index contributed by atoms with van der Waals surface area (Å²) >= 11 is 0. The molecule has 0 radical (unpaired) electrons. The van der Waals surface area contributed by atoms with Gasteiger partial charge in [0.1, 0.15) is 0 Å². The maximum absolute atomic E-state index is 6.68. The van der Waals surface area contributed by atoms with Crippen molar-refractivity contribution in [1.29, 1.82) is 0 Å². The van der Waals surface area contributed by atoms with Crippen molar-refractivity contribution in [3.63, 3.8) is 0 Å². The minimum Gasteiger partial charge on any atom is -0.353 e. The van der Waals surface area contributed by atoms with Crippen LogP contribution in [0.5, 0.6) is 0 Å². The summed E-state index contributed by atoms with van der Waals surface area (Å²) in [6.45, 7) is 18.1. The quantitative estimate of drug-likeness (QED) is 0.0342. The molecule has 7 heteroatoms. The molecular weight excluding hydrogens is 857 g/mol. The van der Waals surface area contributed by atoms with Gasteiger partial charge in [-0.05, 0) is 63.5 Å². The normalized spacial score (nSPS) is 13.1. The van der Waals surface area contributed by atoms with Gasteiger partial charge in [-0.25, -0.2) is 0 Å². The van der Waals surface area contributed by atoms with Crippen molar-refractivity contribution in [3.8, 4) is 0 Å². The van der Waals surface area contributed by atoms with Gasteiger partial charge in [-0.15, -0.1) is 0 Å². The Hall–Kier alpha value is -0.800. The van der Waals surface area contributed by atoms with Crippen LogP contribution in [0.15, 0.2) is 24.3 Å². The van der Waals surface area contributed by atoms with E-state index in [0.717, 1.165) is 90.6 Å². The topological polar surface area (TPSA) is 64.6 Å². The Morgan fingerprint density at radius 1 is 0.246 bits per heavy atom. The van der Waals surface area contributed by atoms with Gasteiger partial charge < -0.3 is 33.2 Å². The average molecular weight is 980 g/mol. The molecule has 0 saturated heterocycles. The van der Waals surface area contributed by atoms with Crippen LogP contribution in [-0.4, -0.2) is 64.8 Å². The molecule has 412 valence electrons. The molecule has 7 nitrogen and oxygen atoms in total. The van der Waals surface area contributed by atoms with E-state index in [4.69, 9.17) is 33.2 Å². The zero-order valence-corrected chi connectivity index (χ0v) is 47.4. The van der Waals surface area contributed by atoms with Crippen LogP contribution in [0.1, 0.15) is 311 Å². The molecule has 2 atom stereocenters. The van der Waals surface area contributed by atoms with Crippen LogP contribution in [-0.2, 0) is 33.2 Å². The molecule has 0 rings (SSSR count). The van der Waals surface area contributed by atoms with E-state index in [1.165, 1.54) is 205 Å². The van der Waals surface area contributed by atoms with Gasteiger partial charge in [-0.1, -0.05) is 259 Å². The van der Waals surface area contributed by atoms with Gasteiger partial charge in [0.15, 0.2) is 25.2 Å². The van der Waals surface area contributed by atoms with Crippen LogP contribution in [0.4, 0.5) is 0 Å². The van der Waals surface area contributed by atoms with Crippen molar-refractivity contribution in [2.24, 2.45) is 0 Å². The van der Waals surface area contributed by atoms with Crippen LogP contribution < -0.4 is 0 Å². The summed E-state index contributed by atoms with van der Waals surface area (Å²) in [5.74, 6) is 0. The van der Waals surface area contributed by atoms with E-state index in [9.17, 15) is 0 Å². The lowest BCUT2D eigenvalue weighted by Crippen LogP contribution is -2.25. The Kier molecular flexibility index (Phi) is 59.1. The summed E-state index contributed by atoms with van der Waals surface area (Å²) in [5, 5.41) is 0. The van der Waals surface area contributed by atoms with Crippen molar-refractivity contribution in [2.75, 3.05) is 39.6 Å². The minimum atomic E-state index is -0.491. The van der Waals surface area contributed by atoms with Gasteiger partial charge in [0.05, 0.1) is 13.2 Å². The highest BCUT2D eigenvalue weighted by molar-refractivity contribution is 4.90. The summed E-state index contributed by atoms with van der Waals surface area (Å²) in [7, 11) is 0. The van der Waals surface area contributed by atoms with Crippen molar-refractivity contribution >= 4 is 0 Å². The first-order chi connectivity index (χ1) is 34.1. The predicted molar refractivity (Wildman–Crippen MR) is 298 cm³/mol. The lowest BCUT2D eigenvalue weighted by Gasteiger charge is -2.22. The van der Waals surface area contributed by atoms with E-state index < -0.39 is 12.6 Å². The van der Waals surface area contributed by atoms with Gasteiger partial charge in [0.2, 0.25) is 0 Å². The van der Waals surface area contributed by atoms with Gasteiger partial charge in [-0.2, -0.15) is 0 Å². The fraction of sp³-hybridized carbons (Fsp3) is 0.935. The average Bonchev–Trinajstić information content (AvgIpc) is 3.36. The molecule has 69 heavy (non-hydrogen) atoms. The fourth-order valence-corrected chi connectivity index (χ4v) is 8.63. The van der Waals surface area contributed by atoms with E-state index >= 15 is 0 Å². The summed E-state index contributed by atoms with van der Waals surface area (Å²) < 4.78 is 45.2. The standard InChI is InChI=1S/C62H122O7/c1-7-13-19-25-29-35-45-53-63-59(64-54-46-36-30-26-20-14-8-2)49-39-41-51-61(67-57-43-33-23-17-11-5)69-62(68-58-44-34-24-18-12-6)52-42-40-50-60(65-55-47-37-31-27-21-15-9-3)66-56-48-38-32-28-22-16-10-4/h41-42,51-52,59-62H,7-40,43-50,53-58H2,1-6H3. The summed E-state index contributed by atoms with van der Waals surface area (Å²) in [6.07, 6.45) is 58.5. The zero-order chi connectivity index (χ0) is 50.0. The van der Waals surface area contributed by atoms with E-state index in [1.807, 2.05) is 0 Å². The Balaban J connectivity index is 5.73. The number of hydrogen-bond donors (Lipinski definition) is 0. The Morgan fingerprint density at radius 2 is 0.449 bits per heavy atom. The molecule has 0 bridgehead atoms. The molecule has 0 aliphatic carbocycles. The van der Waals surface area contributed by atoms with Crippen LogP contribution in [0.3, 0.4) is 0 Å². The third-order valence-corrected chi connectivity index (χ3v) is 13.3. The van der Waals surface area contributed by atoms with Crippen LogP contribution in [0.25, 0.3) is 0 Å². The first-order valence-corrected chi connectivity index (χ1v) is 30.8. The molecule has 0 spiro atoms. The monoisotopic (exact) mass is 979 g/mol. The molecule has 0 N–H and O–H groups in total. The molecule has 0 aromatic rings. The predicted octanol–water partition coefficient (Wildman–Crippen LogP) is 20.0. The zero-order valence-electron chi connectivity index (χ0n) is 47.4. The van der Waals surface area contributed by atoms with Crippen LogP contribution in [0, 0.1) is 0 Å². The molecule has 0 aliphatic rings. The van der Waals surface area contributed by atoms with Crippen LogP contribution in [0.2, 0.25) is 0 Å². The lowest BCUT2D eigenvalue weighted by atomic mass is 10.1. The molecular formula is C62H122O7. The number of allylic oxidation sites excluding steroid dienone is 2. The maximum atomic E-state index is 6.68. The Morgan fingerprint density at radius 3 is 0.681 bits per heavy atom. The van der Waals surface area contributed by atoms with Crippen molar-refractivity contribution in [2.45, 2.75) is 336 Å². The smallest absolute Gasteiger partial charge is 0.180 e. The third-order valence-electron chi connectivity index (χ3n) is 13.3. The van der Waals surface area contributed by atoms with Crippen LogP contribution >= 0.6 is 0 Å². The number of ether oxygens (including phenoxy) is 7. The highest BCUT2D eigenvalue weighted by Crippen LogP contribution is 2.17. The second-order valence-corrected chi connectivity index (χ2v) is 20.3. The van der Waals surface area contributed by atoms with Gasteiger partial charge in [0.25, 0.3) is 0 Å². The molecule has 0 aromatic heterocycles. The molecule has 0 fully saturated rings. The fourth-order valence-electron chi connectivity index (χ4n) is 8.63. The largest absolute Gasteiger partial charge is 0.353 e. The summed E-state index contributed by atoms with van der Waals surface area (Å²) in [6, 6.07) is 0. The molecule has 0 aliphatic heterocycles. The van der Waals surface area contributed by atoms with E-state index in [0.29, 0.717) is 13.2 Å². The second kappa shape index (κ2) is 59.8. The van der Waals surface area contributed by atoms with Crippen molar-refractivity contribution in [3.05, 3.63) is 24.3 Å². The summed E-state index contributed by atoms with van der Waals surface area (Å²) in [4.78, 5) is 0. The maximum Gasteiger partial charge on any atom is 0.180 e. The first kappa shape index (κ1) is 68.2. The second-order valence-electron chi connectivity index (χ2n) is 20.3. The lowest BCUT2D eigenvalue weighted by molar-refractivity contribution is -0.208. The SMILES string of the molecule is CCCCCCCCCOC(CCC=CC(OCCCCCCC)OC(C=CCCC(OCCCCCCCCC)OCCCCCCCCC)OCCCCCCC)OCCCCCCCCC. The third kappa shape index (κ3) is 53.3. The molecule has 0 saturated carbocycles. The van der Waals surface area contributed by atoms with Gasteiger partial charge in [-0.3, -0.25) is 0 Å². The molecule has 2 unspecified atom stereocenters. The number of hydrogen-bond acceptors (Lipinski definition) is 7. The van der Waals surface area contributed by atoms with Crippen molar-refractivity contribution in [1.82, 2.24) is 0 Å². The molecule has 0 aromatic carbocycles. The van der Waals surface area contributed by atoms with Gasteiger partial charge >= 0.3 is 0 Å². The van der Waals surface area contributed by atoms with Crippen molar-refractivity contribution < 1.29 is 33.2 Å².